The molecule has 9 heteroatoms. The van der Waals surface area contributed by atoms with Crippen molar-refractivity contribution in [3.05, 3.63) is 59.9 Å². The van der Waals surface area contributed by atoms with Gasteiger partial charge in [0, 0.05) is 24.8 Å². The van der Waals surface area contributed by atoms with Gasteiger partial charge in [0.1, 0.15) is 23.9 Å². The van der Waals surface area contributed by atoms with Crippen LogP contribution in [-0.4, -0.2) is 57.0 Å². The molecule has 0 spiro atoms. The fourth-order valence-electron chi connectivity index (χ4n) is 5.11. The molecule has 2 heterocycles. The molecular weight excluding hydrogens is 449 g/mol. The van der Waals surface area contributed by atoms with Gasteiger partial charge in [-0.2, -0.15) is 0 Å². The van der Waals surface area contributed by atoms with Gasteiger partial charge in [-0.25, -0.2) is 9.07 Å². The van der Waals surface area contributed by atoms with E-state index in [1.165, 1.54) is 15.6 Å². The summed E-state index contributed by atoms with van der Waals surface area (Å²) in [7, 11) is 0. The molecule has 3 aromatic rings. The highest BCUT2D eigenvalue weighted by Crippen LogP contribution is 2.28. The summed E-state index contributed by atoms with van der Waals surface area (Å²) >= 11 is 0. The maximum Gasteiger partial charge on any atom is 0.247 e. The van der Waals surface area contributed by atoms with E-state index in [4.69, 9.17) is 4.74 Å². The Bertz CT molecular complexity index is 1190. The minimum atomic E-state index is -1.11. The first-order valence-corrected chi connectivity index (χ1v) is 12.3. The van der Waals surface area contributed by atoms with Crippen molar-refractivity contribution in [1.29, 1.82) is 0 Å². The van der Waals surface area contributed by atoms with Crippen molar-refractivity contribution in [2.24, 2.45) is 0 Å². The summed E-state index contributed by atoms with van der Waals surface area (Å²) in [5, 5.41) is 11.4. The molecule has 0 bridgehead atoms. The highest BCUT2D eigenvalue weighted by Gasteiger charge is 2.37. The van der Waals surface area contributed by atoms with Crippen LogP contribution >= 0.6 is 0 Å². The second-order valence-electron chi connectivity index (χ2n) is 9.33. The van der Waals surface area contributed by atoms with Crippen molar-refractivity contribution in [3.8, 4) is 0 Å². The van der Waals surface area contributed by atoms with E-state index in [9.17, 15) is 9.59 Å². The first kappa shape index (κ1) is 23.4. The molecule has 2 atom stereocenters. The third-order valence-electron chi connectivity index (χ3n) is 6.91. The standard InChI is InChI=1S/C26H30FN5O3/c27-21-12-4-3-11-20(21)25(26(34)28-18-8-1-2-9-18)31(16-19-10-7-15-35-19)24(33)17-32-23-14-6-5-13-22(23)29-30-32/h3-6,11-14,18-19,25H,1-2,7-10,15-17H2,(H,28,34)/t19-,25+/m1/s1. The normalized spacial score (nSPS) is 19.2. The van der Waals surface area contributed by atoms with Crippen molar-refractivity contribution in [3.63, 3.8) is 0 Å². The van der Waals surface area contributed by atoms with E-state index in [-0.39, 0.29) is 42.6 Å². The molecule has 8 nitrogen and oxygen atoms in total. The number of aromatic nitrogens is 3. The Morgan fingerprint density at radius 3 is 2.63 bits per heavy atom. The minimum absolute atomic E-state index is 0.0377. The Hall–Kier alpha value is -3.33. The van der Waals surface area contributed by atoms with Gasteiger partial charge in [0.25, 0.3) is 0 Å². The number of ether oxygens (including phenoxy) is 1. The fourth-order valence-corrected chi connectivity index (χ4v) is 5.11. The van der Waals surface area contributed by atoms with Crippen LogP contribution in [0.5, 0.6) is 0 Å². The highest BCUT2D eigenvalue weighted by atomic mass is 19.1. The summed E-state index contributed by atoms with van der Waals surface area (Å²) in [4.78, 5) is 28.9. The molecule has 1 saturated carbocycles. The predicted molar refractivity (Wildman–Crippen MR) is 128 cm³/mol. The second-order valence-corrected chi connectivity index (χ2v) is 9.33. The summed E-state index contributed by atoms with van der Waals surface area (Å²) in [6.07, 6.45) is 5.34. The zero-order valence-electron chi connectivity index (χ0n) is 19.6. The van der Waals surface area contributed by atoms with Crippen molar-refractivity contribution in [2.75, 3.05) is 13.2 Å². The van der Waals surface area contributed by atoms with E-state index in [0.717, 1.165) is 44.0 Å². The Labute approximate surface area is 203 Å². The summed E-state index contributed by atoms with van der Waals surface area (Å²) in [5.74, 6) is -1.22. The molecule has 2 aliphatic rings. The number of amides is 2. The Morgan fingerprint density at radius 1 is 1.09 bits per heavy atom. The van der Waals surface area contributed by atoms with Gasteiger partial charge in [-0.15, -0.1) is 5.10 Å². The molecule has 184 valence electrons. The molecule has 1 N–H and O–H groups in total. The number of nitrogens with zero attached hydrogens (tertiary/aromatic N) is 4. The lowest BCUT2D eigenvalue weighted by Gasteiger charge is -2.34. The van der Waals surface area contributed by atoms with Crippen LogP contribution in [0.15, 0.2) is 48.5 Å². The number of carbonyl (C=O) groups excluding carboxylic acids is 2. The Balaban J connectivity index is 1.49. The van der Waals surface area contributed by atoms with Gasteiger partial charge in [0.15, 0.2) is 0 Å². The molecule has 5 rings (SSSR count). The molecule has 1 aromatic heterocycles. The lowest BCUT2D eigenvalue weighted by atomic mass is 10.0. The summed E-state index contributed by atoms with van der Waals surface area (Å²) < 4.78 is 22.4. The van der Waals surface area contributed by atoms with E-state index in [1.807, 2.05) is 24.3 Å². The lowest BCUT2D eigenvalue weighted by molar-refractivity contribution is -0.143. The van der Waals surface area contributed by atoms with Crippen LogP contribution in [0.2, 0.25) is 0 Å². The summed E-state index contributed by atoms with van der Waals surface area (Å²) in [6, 6.07) is 12.5. The van der Waals surface area contributed by atoms with Crippen molar-refractivity contribution < 1.29 is 18.7 Å². The second kappa shape index (κ2) is 10.5. The smallest absolute Gasteiger partial charge is 0.247 e. The summed E-state index contributed by atoms with van der Waals surface area (Å²) in [6.45, 7) is 0.691. The fraction of sp³-hybridized carbons (Fsp3) is 0.462. The Morgan fingerprint density at radius 2 is 1.86 bits per heavy atom. The molecule has 2 aromatic carbocycles. The third kappa shape index (κ3) is 5.19. The van der Waals surface area contributed by atoms with Crippen LogP contribution in [0.4, 0.5) is 4.39 Å². The number of rotatable bonds is 8. The third-order valence-corrected chi connectivity index (χ3v) is 6.91. The van der Waals surface area contributed by atoms with Gasteiger partial charge in [0.05, 0.1) is 11.6 Å². The number of halogens is 1. The number of para-hydroxylation sites is 1. The van der Waals surface area contributed by atoms with Crippen LogP contribution in [-0.2, 0) is 20.9 Å². The lowest BCUT2D eigenvalue weighted by Crippen LogP contribution is -2.49. The number of fused-ring (bicyclic) bond motifs is 1. The van der Waals surface area contributed by atoms with Crippen LogP contribution in [0.3, 0.4) is 0 Å². The Kier molecular flexibility index (Phi) is 7.03. The van der Waals surface area contributed by atoms with Crippen LogP contribution in [0.1, 0.15) is 50.1 Å². The van der Waals surface area contributed by atoms with Crippen LogP contribution < -0.4 is 5.32 Å². The zero-order valence-corrected chi connectivity index (χ0v) is 19.6. The SMILES string of the molecule is O=C(NC1CCCC1)[C@H](c1ccccc1F)N(C[C@H]1CCCO1)C(=O)Cn1nnc2ccccc21. The number of hydrogen-bond donors (Lipinski definition) is 1. The number of nitrogens with one attached hydrogen (secondary N) is 1. The van der Waals surface area contributed by atoms with Gasteiger partial charge in [-0.3, -0.25) is 9.59 Å². The minimum Gasteiger partial charge on any atom is -0.376 e. The van der Waals surface area contributed by atoms with E-state index in [1.54, 1.807) is 18.2 Å². The molecule has 2 fully saturated rings. The quantitative estimate of drug-likeness (QED) is 0.535. The highest BCUT2D eigenvalue weighted by molar-refractivity contribution is 5.89. The largest absolute Gasteiger partial charge is 0.376 e. The molecular formula is C26H30FN5O3. The molecule has 1 saturated heterocycles. The molecule has 1 aliphatic carbocycles. The average molecular weight is 480 g/mol. The number of carbonyl (C=O) groups is 2. The van der Waals surface area contributed by atoms with Gasteiger partial charge < -0.3 is 15.0 Å². The van der Waals surface area contributed by atoms with Gasteiger partial charge in [0.2, 0.25) is 11.8 Å². The van der Waals surface area contributed by atoms with Crippen LogP contribution in [0, 0.1) is 5.82 Å². The van der Waals surface area contributed by atoms with Crippen molar-refractivity contribution in [2.45, 2.75) is 63.3 Å². The summed E-state index contributed by atoms with van der Waals surface area (Å²) in [5.41, 5.74) is 1.57. The first-order valence-electron chi connectivity index (χ1n) is 12.3. The van der Waals surface area contributed by atoms with E-state index < -0.39 is 11.9 Å². The maximum absolute atomic E-state index is 15.1. The monoisotopic (exact) mass is 479 g/mol. The van der Waals surface area contributed by atoms with Gasteiger partial charge in [-0.05, 0) is 43.9 Å². The van der Waals surface area contributed by atoms with Crippen molar-refractivity contribution in [1.82, 2.24) is 25.2 Å². The van der Waals surface area contributed by atoms with Crippen molar-refractivity contribution >= 4 is 22.8 Å². The van der Waals surface area contributed by atoms with Crippen LogP contribution in [0.25, 0.3) is 11.0 Å². The topological polar surface area (TPSA) is 89.4 Å². The molecule has 1 aliphatic heterocycles. The molecule has 35 heavy (non-hydrogen) atoms. The number of hydrogen-bond acceptors (Lipinski definition) is 5. The average Bonchev–Trinajstić information content (AvgIpc) is 3.63. The zero-order chi connectivity index (χ0) is 24.2. The number of benzene rings is 2. The van der Waals surface area contributed by atoms with E-state index in [0.29, 0.717) is 12.1 Å². The molecule has 0 radical (unpaired) electrons. The van der Waals surface area contributed by atoms with E-state index in [2.05, 4.69) is 15.6 Å². The predicted octanol–water partition coefficient (Wildman–Crippen LogP) is 3.38. The first-order chi connectivity index (χ1) is 17.1. The van der Waals surface area contributed by atoms with Gasteiger partial charge >= 0.3 is 0 Å². The van der Waals surface area contributed by atoms with E-state index >= 15 is 4.39 Å². The molecule has 0 unspecified atom stereocenters. The van der Waals surface area contributed by atoms with Gasteiger partial charge in [-0.1, -0.05) is 48.4 Å². The molecule has 2 amide bonds. The maximum atomic E-state index is 15.1.